The molecular weight excluding hydrogens is 1200 g/mol. The Morgan fingerprint density at radius 3 is 0.594 bits per heavy atom. The summed E-state index contributed by atoms with van der Waals surface area (Å²) in [6.45, 7) is 94.8. The average Bonchev–Trinajstić information content (AvgIpc) is 0.988. The summed E-state index contributed by atoms with van der Waals surface area (Å²) in [5.41, 5.74) is 19.9. The molecule has 5 heteroatoms. The highest BCUT2D eigenvalue weighted by Crippen LogP contribution is 2.41. The first-order valence-corrected chi connectivity index (χ1v) is 37.6. The molecule has 0 bridgehead atoms. The van der Waals surface area contributed by atoms with E-state index in [2.05, 4.69) is 395 Å². The lowest BCUT2D eigenvalue weighted by Gasteiger charge is -2.29. The van der Waals surface area contributed by atoms with Crippen LogP contribution in [-0.2, 0) is 75.8 Å². The van der Waals surface area contributed by atoms with E-state index in [4.69, 9.17) is 0 Å². The fourth-order valence-electron chi connectivity index (χ4n) is 11.4. The van der Waals surface area contributed by atoms with E-state index in [0.717, 1.165) is 0 Å². The maximum absolute atomic E-state index is 4.52. The summed E-state index contributed by atoms with van der Waals surface area (Å²) in [4.78, 5) is 16.3. The standard InChI is InChI=1S/2C14H22.3C13H21N.2C12H20S/c2*1-13(2,3)11-9-7-8-10-12(11)14(4,5)6;1-12(2,3)10-7-8-14-9-11(10)13(4,5)6;2*1-12(2,3)10-8-7-9-14-11(10)13(4,5)6;2*1-11(2,3)9-7-8-13-10(9)12(4,5)6/h2*7-10H,1-6H3;3*7-9H,1-6H3;2*7-8H,1-6H3. The molecule has 0 fully saturated rings. The molecule has 2 aromatic carbocycles. The topological polar surface area (TPSA) is 38.7 Å². The highest BCUT2D eigenvalue weighted by atomic mass is 32.1. The van der Waals surface area contributed by atoms with Crippen molar-refractivity contribution in [2.45, 2.75) is 367 Å². The molecule has 5 aromatic heterocycles. The lowest BCUT2D eigenvalue weighted by atomic mass is 9.75. The first-order chi connectivity index (χ1) is 42.6. The van der Waals surface area contributed by atoms with Gasteiger partial charge in [-0.05, 0) is 162 Å². The van der Waals surface area contributed by atoms with Gasteiger partial charge in [-0.25, -0.2) is 0 Å². The third-order valence-corrected chi connectivity index (χ3v) is 19.2. The van der Waals surface area contributed by atoms with Crippen LogP contribution in [0, 0.1) is 0 Å². The SMILES string of the molecule is CC(C)(C)c1ccccc1C(C)(C)C.CC(C)(C)c1ccccc1C(C)(C)C.CC(C)(C)c1cccnc1C(C)(C)C.CC(C)(C)c1cccnc1C(C)(C)C.CC(C)(C)c1ccncc1C(C)(C)C.CC(C)(C)c1ccsc1C(C)(C)C.CC(C)(C)c1ccsc1C(C)(C)C. The van der Waals surface area contributed by atoms with Gasteiger partial charge in [0.25, 0.3) is 0 Å². The van der Waals surface area contributed by atoms with Gasteiger partial charge in [0.05, 0.1) is 0 Å². The Labute approximate surface area is 603 Å². The minimum atomic E-state index is 0.129. The Bertz CT molecular complexity index is 2740. The van der Waals surface area contributed by atoms with Crippen molar-refractivity contribution in [3.8, 4) is 0 Å². The van der Waals surface area contributed by atoms with E-state index < -0.39 is 0 Å². The van der Waals surface area contributed by atoms with Crippen LogP contribution in [0.25, 0.3) is 0 Å². The van der Waals surface area contributed by atoms with Crippen LogP contribution in [-0.4, -0.2) is 15.0 Å². The fourth-order valence-corrected chi connectivity index (χ4v) is 13.8. The van der Waals surface area contributed by atoms with E-state index in [9.17, 15) is 0 Å². The van der Waals surface area contributed by atoms with Gasteiger partial charge in [-0.15, -0.1) is 22.7 Å². The quantitative estimate of drug-likeness (QED) is 0.152. The summed E-state index contributed by atoms with van der Waals surface area (Å²) in [6, 6.07) is 32.6. The molecule has 7 rings (SSSR count). The van der Waals surface area contributed by atoms with Gasteiger partial charge in [0.1, 0.15) is 0 Å². The number of benzene rings is 2. The van der Waals surface area contributed by atoms with Gasteiger partial charge in [0.2, 0.25) is 0 Å². The number of pyridine rings is 3. The monoisotopic (exact) mass is 1350 g/mol. The predicted octanol–water partition coefficient (Wildman–Crippen LogP) is 28.3. The molecular formula is C91H147N3S2. The Kier molecular flexibility index (Phi) is 30.9. The Balaban J connectivity index is 0.000000560. The van der Waals surface area contributed by atoms with Crippen LogP contribution < -0.4 is 0 Å². The van der Waals surface area contributed by atoms with Crippen LogP contribution in [0.4, 0.5) is 0 Å². The molecule has 3 nitrogen and oxygen atoms in total. The fraction of sp³-hybridized carbons (Fsp3) is 0.615. The largest absolute Gasteiger partial charge is 0.264 e. The van der Waals surface area contributed by atoms with Crippen LogP contribution in [0.5, 0.6) is 0 Å². The Hall–Kier alpha value is -4.71. The predicted molar refractivity (Wildman–Crippen MR) is 436 cm³/mol. The summed E-state index contributed by atoms with van der Waals surface area (Å²) < 4.78 is 0. The van der Waals surface area contributed by atoms with Gasteiger partial charge >= 0.3 is 0 Å². The second kappa shape index (κ2) is 33.2. The van der Waals surface area contributed by atoms with Crippen molar-refractivity contribution < 1.29 is 0 Å². The number of aromatic nitrogens is 3. The molecule has 0 aliphatic rings. The van der Waals surface area contributed by atoms with Gasteiger partial charge < -0.3 is 0 Å². The molecule has 5 heterocycles. The number of rotatable bonds is 0. The zero-order chi connectivity index (χ0) is 75.5. The lowest BCUT2D eigenvalue weighted by molar-refractivity contribution is 0.514. The molecule has 0 atom stereocenters. The summed E-state index contributed by atoms with van der Waals surface area (Å²) in [5, 5.41) is 4.42. The van der Waals surface area contributed by atoms with Gasteiger partial charge in [0, 0.05) is 56.8 Å². The molecule has 0 radical (unpaired) electrons. The van der Waals surface area contributed by atoms with Crippen LogP contribution >= 0.6 is 22.7 Å². The van der Waals surface area contributed by atoms with Crippen LogP contribution in [0.1, 0.15) is 368 Å². The normalized spacial score (nSPS) is 13.1. The van der Waals surface area contributed by atoms with Gasteiger partial charge in [-0.1, -0.05) is 351 Å². The Morgan fingerprint density at radius 2 is 0.417 bits per heavy atom. The molecule has 0 saturated heterocycles. The molecule has 96 heavy (non-hydrogen) atoms. The minimum Gasteiger partial charge on any atom is -0.264 e. The van der Waals surface area contributed by atoms with Crippen molar-refractivity contribution in [3.63, 3.8) is 0 Å². The Morgan fingerprint density at radius 1 is 0.198 bits per heavy atom. The molecule has 0 aliphatic carbocycles. The lowest BCUT2D eigenvalue weighted by Crippen LogP contribution is -2.23. The van der Waals surface area contributed by atoms with Crippen molar-refractivity contribution in [1.82, 2.24) is 15.0 Å². The zero-order valence-corrected chi connectivity index (χ0v) is 71.9. The smallest absolute Gasteiger partial charge is 0.0494 e. The second-order valence-electron chi connectivity index (χ2n) is 41.1. The van der Waals surface area contributed by atoms with Crippen LogP contribution in [0.3, 0.4) is 0 Å². The van der Waals surface area contributed by atoms with E-state index in [1.54, 1.807) is 0 Å². The molecule has 0 saturated carbocycles. The first kappa shape index (κ1) is 89.3. The van der Waals surface area contributed by atoms with E-state index >= 15 is 0 Å². The van der Waals surface area contributed by atoms with E-state index in [1.165, 1.54) is 76.8 Å². The molecule has 0 N–H and O–H groups in total. The van der Waals surface area contributed by atoms with Crippen molar-refractivity contribution in [2.75, 3.05) is 0 Å². The average molecular weight is 1350 g/mol. The van der Waals surface area contributed by atoms with Crippen LogP contribution in [0.15, 0.2) is 127 Å². The van der Waals surface area contributed by atoms with Crippen molar-refractivity contribution >= 4 is 22.7 Å². The van der Waals surface area contributed by atoms with Gasteiger partial charge in [0.15, 0.2) is 0 Å². The highest BCUT2D eigenvalue weighted by Gasteiger charge is 2.31. The van der Waals surface area contributed by atoms with E-state index in [-0.39, 0.29) is 75.8 Å². The minimum absolute atomic E-state index is 0.129. The molecule has 7 aromatic rings. The van der Waals surface area contributed by atoms with Gasteiger partial charge in [-0.2, -0.15) is 0 Å². The maximum atomic E-state index is 4.52. The van der Waals surface area contributed by atoms with Crippen molar-refractivity contribution in [1.29, 1.82) is 0 Å². The summed E-state index contributed by atoms with van der Waals surface area (Å²) in [6.07, 6.45) is 7.65. The van der Waals surface area contributed by atoms with E-state index in [0.29, 0.717) is 0 Å². The van der Waals surface area contributed by atoms with Crippen molar-refractivity contribution in [3.05, 3.63) is 203 Å². The number of hydrogen-bond donors (Lipinski definition) is 0. The highest BCUT2D eigenvalue weighted by molar-refractivity contribution is 7.10. The second-order valence-corrected chi connectivity index (χ2v) is 43.0. The van der Waals surface area contributed by atoms with Gasteiger partial charge in [-0.3, -0.25) is 15.0 Å². The molecule has 538 valence electrons. The first-order valence-electron chi connectivity index (χ1n) is 35.8. The summed E-state index contributed by atoms with van der Waals surface area (Å²) in [7, 11) is 0. The van der Waals surface area contributed by atoms with Crippen LogP contribution in [0.2, 0.25) is 0 Å². The summed E-state index contributed by atoms with van der Waals surface area (Å²) >= 11 is 3.77. The zero-order valence-electron chi connectivity index (χ0n) is 70.3. The summed E-state index contributed by atoms with van der Waals surface area (Å²) in [5.74, 6) is 0. The number of nitrogens with zero attached hydrogens (tertiary/aromatic N) is 3. The molecule has 0 aliphatic heterocycles. The van der Waals surface area contributed by atoms with E-state index in [1.807, 2.05) is 59.6 Å². The molecule has 0 unspecified atom stereocenters. The maximum Gasteiger partial charge on any atom is 0.0494 e. The molecule has 0 spiro atoms. The third kappa shape index (κ3) is 29.2. The van der Waals surface area contributed by atoms with Crippen molar-refractivity contribution in [2.24, 2.45) is 0 Å². The third-order valence-electron chi connectivity index (χ3n) is 16.5. The molecule has 0 amide bonds. The number of hydrogen-bond acceptors (Lipinski definition) is 5. The number of thiophene rings is 2.